The summed E-state index contributed by atoms with van der Waals surface area (Å²) < 4.78 is 16.7. The molecule has 0 heterocycles. The second-order valence-corrected chi connectivity index (χ2v) is 11.3. The smallest absolute Gasteiger partial charge is 0.306 e. The Morgan fingerprint density at radius 1 is 0.721 bits per heavy atom. The first-order valence-corrected chi connectivity index (χ1v) is 15.8. The normalized spacial score (nSPS) is 14.0. The zero-order valence-corrected chi connectivity index (χ0v) is 27.3. The fraction of sp³-hybridized carbons (Fsp3) is 0.629. The Hall–Kier alpha value is -2.97. The number of nitrogens with zero attached hydrogens (tertiary/aromatic N) is 1. The summed E-state index contributed by atoms with van der Waals surface area (Å²) in [6.45, 7) is 4.19. The third kappa shape index (κ3) is 25.3. The van der Waals surface area contributed by atoms with Crippen LogP contribution in [0.15, 0.2) is 60.8 Å². The standard InChI is InChI=1S/C35H57NO7/c1-6-8-10-11-12-13-14-15-16-17-18-19-20-21-22-23-24-26-34(38)43-31(30-42-33(37)25-9-7-2)29-41-28-27-32(35(39)40)36(3,4)5/h8,10,12-13,15-16,18-19,21-22,31-32H,6-7,9,11,14,17,20,23-30H2,1-5H3/b10-8-,13-12-,16-15-,19-18-,22-21-. The SMILES string of the molecule is CC/C=C\C/C=C\C/C=C\C/C=C\C/C=C\CCCC(=O)OC(COCCC(C(=O)[O-])[N+](C)(C)C)COC(=O)CCCC. The van der Waals surface area contributed by atoms with E-state index in [9.17, 15) is 19.5 Å². The van der Waals surface area contributed by atoms with Crippen LogP contribution in [0.25, 0.3) is 0 Å². The van der Waals surface area contributed by atoms with Gasteiger partial charge >= 0.3 is 11.9 Å². The lowest BCUT2D eigenvalue weighted by molar-refractivity contribution is -0.889. The Kier molecular flexibility index (Phi) is 24.8. The molecule has 0 fully saturated rings. The van der Waals surface area contributed by atoms with Gasteiger partial charge in [0.05, 0.1) is 40.3 Å². The van der Waals surface area contributed by atoms with Crippen LogP contribution in [0.5, 0.6) is 0 Å². The number of unbranched alkanes of at least 4 members (excludes halogenated alkanes) is 2. The second kappa shape index (κ2) is 26.6. The number of carbonyl (C=O) groups excluding carboxylic acids is 3. The van der Waals surface area contributed by atoms with Crippen LogP contribution < -0.4 is 5.11 Å². The Balaban J connectivity index is 4.40. The van der Waals surface area contributed by atoms with Gasteiger partial charge in [-0.05, 0) is 51.4 Å². The Labute approximate surface area is 260 Å². The number of ether oxygens (including phenoxy) is 3. The molecule has 0 aliphatic heterocycles. The first-order valence-electron chi connectivity index (χ1n) is 15.8. The molecule has 0 aromatic heterocycles. The number of aliphatic carboxylic acids is 1. The molecular formula is C35H57NO7. The lowest BCUT2D eigenvalue weighted by Gasteiger charge is -2.34. The molecule has 0 bridgehead atoms. The number of esters is 2. The van der Waals surface area contributed by atoms with Gasteiger partial charge in [0.1, 0.15) is 12.6 Å². The van der Waals surface area contributed by atoms with Crippen molar-refractivity contribution in [1.29, 1.82) is 0 Å². The monoisotopic (exact) mass is 603 g/mol. The number of carboxylic acid groups (broad SMARTS) is 1. The molecule has 0 radical (unpaired) electrons. The van der Waals surface area contributed by atoms with Crippen LogP contribution in [0.3, 0.4) is 0 Å². The Morgan fingerprint density at radius 2 is 1.26 bits per heavy atom. The van der Waals surface area contributed by atoms with Gasteiger partial charge < -0.3 is 28.6 Å². The summed E-state index contributed by atoms with van der Waals surface area (Å²) in [7, 11) is 5.33. The van der Waals surface area contributed by atoms with Crippen LogP contribution in [0.2, 0.25) is 0 Å². The maximum atomic E-state index is 12.4. The van der Waals surface area contributed by atoms with Gasteiger partial charge in [-0.15, -0.1) is 0 Å². The van der Waals surface area contributed by atoms with E-state index in [1.807, 2.05) is 6.92 Å². The molecule has 8 nitrogen and oxygen atoms in total. The molecule has 0 amide bonds. The first kappa shape index (κ1) is 40.0. The molecular weight excluding hydrogens is 546 g/mol. The minimum Gasteiger partial charge on any atom is -0.544 e. The summed E-state index contributed by atoms with van der Waals surface area (Å²) in [6, 6.07) is -0.733. The molecule has 0 aromatic carbocycles. The van der Waals surface area contributed by atoms with E-state index >= 15 is 0 Å². The highest BCUT2D eigenvalue weighted by atomic mass is 16.6. The van der Waals surface area contributed by atoms with Crippen molar-refractivity contribution < 1.29 is 38.2 Å². The molecule has 0 N–H and O–H groups in total. The summed E-state index contributed by atoms with van der Waals surface area (Å²) in [4.78, 5) is 35.8. The van der Waals surface area contributed by atoms with E-state index in [2.05, 4.69) is 67.7 Å². The van der Waals surface area contributed by atoms with Crippen molar-refractivity contribution in [2.75, 3.05) is 41.0 Å². The molecule has 2 atom stereocenters. The number of quaternary nitrogens is 1. The van der Waals surface area contributed by atoms with Gasteiger partial charge in [0.2, 0.25) is 0 Å². The zero-order valence-electron chi connectivity index (χ0n) is 27.3. The number of hydrogen-bond acceptors (Lipinski definition) is 7. The van der Waals surface area contributed by atoms with Crippen molar-refractivity contribution in [2.45, 2.75) is 103 Å². The third-order valence-electron chi connectivity index (χ3n) is 6.42. The van der Waals surface area contributed by atoms with Gasteiger partial charge in [-0.2, -0.15) is 0 Å². The molecule has 0 aromatic rings. The predicted octanol–water partition coefficient (Wildman–Crippen LogP) is 5.78. The van der Waals surface area contributed by atoms with Crippen LogP contribution in [-0.4, -0.2) is 75.5 Å². The van der Waals surface area contributed by atoms with Crippen molar-refractivity contribution in [2.24, 2.45) is 0 Å². The van der Waals surface area contributed by atoms with Crippen LogP contribution in [0.1, 0.15) is 90.9 Å². The quantitative estimate of drug-likeness (QED) is 0.0534. The van der Waals surface area contributed by atoms with Crippen LogP contribution in [0.4, 0.5) is 0 Å². The largest absolute Gasteiger partial charge is 0.544 e. The van der Waals surface area contributed by atoms with E-state index in [0.717, 1.165) is 51.4 Å². The summed E-state index contributed by atoms with van der Waals surface area (Å²) in [6.07, 6.45) is 29.3. The highest BCUT2D eigenvalue weighted by molar-refractivity contribution is 5.70. The summed E-state index contributed by atoms with van der Waals surface area (Å²) in [5, 5.41) is 11.5. The lowest BCUT2D eigenvalue weighted by Crippen LogP contribution is -2.55. The topological polar surface area (TPSA) is 102 Å². The minimum atomic E-state index is -1.14. The minimum absolute atomic E-state index is 0.0124. The van der Waals surface area contributed by atoms with Crippen molar-refractivity contribution in [3.8, 4) is 0 Å². The molecule has 244 valence electrons. The van der Waals surface area contributed by atoms with Crippen molar-refractivity contribution in [3.63, 3.8) is 0 Å². The second-order valence-electron chi connectivity index (χ2n) is 11.3. The molecule has 0 aliphatic rings. The van der Waals surface area contributed by atoms with Gasteiger partial charge in [-0.25, -0.2) is 0 Å². The van der Waals surface area contributed by atoms with E-state index in [1.54, 1.807) is 21.1 Å². The molecule has 2 unspecified atom stereocenters. The van der Waals surface area contributed by atoms with E-state index in [-0.39, 0.29) is 49.1 Å². The van der Waals surface area contributed by atoms with E-state index in [1.165, 1.54) is 0 Å². The van der Waals surface area contributed by atoms with E-state index in [0.29, 0.717) is 12.8 Å². The number of rotatable bonds is 26. The van der Waals surface area contributed by atoms with E-state index < -0.39 is 18.1 Å². The highest BCUT2D eigenvalue weighted by Crippen LogP contribution is 2.09. The third-order valence-corrected chi connectivity index (χ3v) is 6.42. The maximum Gasteiger partial charge on any atom is 0.306 e. The summed E-state index contributed by atoms with van der Waals surface area (Å²) in [5.74, 6) is -1.87. The molecule has 0 saturated heterocycles. The molecule has 0 rings (SSSR count). The molecule has 43 heavy (non-hydrogen) atoms. The molecule has 8 heteroatoms. The summed E-state index contributed by atoms with van der Waals surface area (Å²) in [5.41, 5.74) is 0. The average Bonchev–Trinajstić information content (AvgIpc) is 2.95. The summed E-state index contributed by atoms with van der Waals surface area (Å²) >= 11 is 0. The van der Waals surface area contributed by atoms with Gasteiger partial charge in [-0.1, -0.05) is 81.0 Å². The van der Waals surface area contributed by atoms with Crippen LogP contribution in [0, 0.1) is 0 Å². The fourth-order valence-electron chi connectivity index (χ4n) is 3.90. The van der Waals surface area contributed by atoms with Crippen molar-refractivity contribution in [3.05, 3.63) is 60.8 Å². The number of carboxylic acids is 1. The lowest BCUT2D eigenvalue weighted by atomic mass is 10.1. The zero-order chi connectivity index (χ0) is 32.2. The highest BCUT2D eigenvalue weighted by Gasteiger charge is 2.25. The van der Waals surface area contributed by atoms with Crippen LogP contribution >= 0.6 is 0 Å². The Morgan fingerprint density at radius 3 is 1.77 bits per heavy atom. The van der Waals surface area contributed by atoms with Gasteiger partial charge in [0.15, 0.2) is 6.10 Å². The van der Waals surface area contributed by atoms with Gasteiger partial charge in [-0.3, -0.25) is 9.59 Å². The molecule has 0 spiro atoms. The van der Waals surface area contributed by atoms with Gasteiger partial charge in [0, 0.05) is 19.3 Å². The number of carbonyl (C=O) groups is 3. The van der Waals surface area contributed by atoms with Crippen molar-refractivity contribution in [1.82, 2.24) is 0 Å². The fourth-order valence-corrected chi connectivity index (χ4v) is 3.90. The number of hydrogen-bond donors (Lipinski definition) is 0. The van der Waals surface area contributed by atoms with E-state index in [4.69, 9.17) is 14.2 Å². The number of likely N-dealkylation sites (N-methyl/N-ethyl adjacent to an activating group) is 1. The first-order chi connectivity index (χ1) is 20.6. The Bertz CT molecular complexity index is 896. The number of allylic oxidation sites excluding steroid dienone is 10. The molecule has 0 aliphatic carbocycles. The van der Waals surface area contributed by atoms with Gasteiger partial charge in [0.25, 0.3) is 0 Å². The van der Waals surface area contributed by atoms with Crippen molar-refractivity contribution >= 4 is 17.9 Å². The average molecular weight is 604 g/mol. The predicted molar refractivity (Wildman–Crippen MR) is 171 cm³/mol. The molecule has 0 saturated carbocycles. The van der Waals surface area contributed by atoms with Crippen LogP contribution in [-0.2, 0) is 28.6 Å². The maximum absolute atomic E-state index is 12.4.